The molecule has 0 aliphatic heterocycles. The third kappa shape index (κ3) is 3.70. The first-order valence-electron chi connectivity index (χ1n) is 16.5. The SMILES string of the molecule is c1ccc(-n2c3ccc(-c4cnc5oc6nccc(-n7c8ccccc8c8ccccc87)c6c5c4)cc3c3c4ccccc4ccc32)cc1. The molecule has 0 bridgehead atoms. The molecule has 0 saturated heterocycles. The summed E-state index contributed by atoms with van der Waals surface area (Å²) in [5, 5.41) is 9.24. The summed E-state index contributed by atoms with van der Waals surface area (Å²) in [7, 11) is 0. The molecule has 0 saturated carbocycles. The highest BCUT2D eigenvalue weighted by molar-refractivity contribution is 6.22. The minimum atomic E-state index is 0.576. The van der Waals surface area contributed by atoms with Crippen LogP contribution in [0.1, 0.15) is 0 Å². The molecule has 6 aromatic carbocycles. The molecule has 0 fully saturated rings. The summed E-state index contributed by atoms with van der Waals surface area (Å²) in [6.45, 7) is 0. The Hall–Kier alpha value is -6.72. The predicted octanol–water partition coefficient (Wildman–Crippen LogP) is 11.4. The van der Waals surface area contributed by atoms with E-state index in [1.165, 1.54) is 43.4 Å². The number of hydrogen-bond acceptors (Lipinski definition) is 3. The molecule has 0 atom stereocenters. The van der Waals surface area contributed by atoms with Gasteiger partial charge in [-0.25, -0.2) is 9.97 Å². The monoisotopic (exact) mass is 626 g/mol. The summed E-state index contributed by atoms with van der Waals surface area (Å²) in [4.78, 5) is 9.53. The Balaban J connectivity index is 1.18. The molecule has 0 N–H and O–H groups in total. The van der Waals surface area contributed by atoms with E-state index in [0.717, 1.165) is 44.3 Å². The van der Waals surface area contributed by atoms with Crippen LogP contribution < -0.4 is 0 Å². The first-order chi connectivity index (χ1) is 24.3. The van der Waals surface area contributed by atoms with Crippen LogP contribution in [0, 0.1) is 0 Å². The van der Waals surface area contributed by atoms with Crippen molar-refractivity contribution in [2.75, 3.05) is 0 Å². The zero-order chi connectivity index (χ0) is 32.1. The van der Waals surface area contributed by atoms with Crippen molar-refractivity contribution >= 4 is 76.6 Å². The van der Waals surface area contributed by atoms with Crippen LogP contribution in [0.25, 0.3) is 99.1 Å². The van der Waals surface area contributed by atoms with E-state index in [2.05, 4.69) is 160 Å². The number of benzene rings is 6. The molecule has 228 valence electrons. The number of hydrogen-bond donors (Lipinski definition) is 0. The lowest BCUT2D eigenvalue weighted by atomic mass is 10.00. The third-order valence-corrected chi connectivity index (χ3v) is 10.0. The molecule has 11 rings (SSSR count). The lowest BCUT2D eigenvalue weighted by Crippen LogP contribution is -1.95. The highest BCUT2D eigenvalue weighted by Crippen LogP contribution is 2.41. The van der Waals surface area contributed by atoms with Crippen molar-refractivity contribution in [2.24, 2.45) is 0 Å². The van der Waals surface area contributed by atoms with Gasteiger partial charge in [-0.3, -0.25) is 0 Å². The van der Waals surface area contributed by atoms with Gasteiger partial charge in [-0.1, -0.05) is 91.0 Å². The van der Waals surface area contributed by atoms with Gasteiger partial charge in [0.2, 0.25) is 11.4 Å². The largest absolute Gasteiger partial charge is 0.419 e. The van der Waals surface area contributed by atoms with Crippen LogP contribution in [0.4, 0.5) is 0 Å². The Morgan fingerprint density at radius 3 is 1.92 bits per heavy atom. The van der Waals surface area contributed by atoms with Crippen molar-refractivity contribution in [2.45, 2.75) is 0 Å². The van der Waals surface area contributed by atoms with Crippen molar-refractivity contribution in [1.82, 2.24) is 19.1 Å². The molecular formula is C44H26N4O. The van der Waals surface area contributed by atoms with Gasteiger partial charge in [0.05, 0.1) is 38.5 Å². The number of para-hydroxylation sites is 3. The van der Waals surface area contributed by atoms with E-state index in [4.69, 9.17) is 9.40 Å². The summed E-state index contributed by atoms with van der Waals surface area (Å²) in [6.07, 6.45) is 3.74. The topological polar surface area (TPSA) is 48.8 Å². The van der Waals surface area contributed by atoms with Crippen LogP contribution in [0.2, 0.25) is 0 Å². The van der Waals surface area contributed by atoms with E-state index in [-0.39, 0.29) is 0 Å². The zero-order valence-corrected chi connectivity index (χ0v) is 26.2. The maximum atomic E-state index is 6.30. The molecule has 5 aromatic heterocycles. The quantitative estimate of drug-likeness (QED) is 0.196. The van der Waals surface area contributed by atoms with Gasteiger partial charge in [0.1, 0.15) is 0 Å². The number of rotatable bonds is 3. The molecule has 11 aromatic rings. The Labute approximate surface area is 279 Å². The van der Waals surface area contributed by atoms with E-state index >= 15 is 0 Å². The summed E-state index contributed by atoms with van der Waals surface area (Å²) in [6, 6.07) is 51.9. The maximum Gasteiger partial charge on any atom is 0.231 e. The van der Waals surface area contributed by atoms with Crippen LogP contribution in [-0.4, -0.2) is 19.1 Å². The van der Waals surface area contributed by atoms with Gasteiger partial charge in [-0.05, 0) is 70.9 Å². The maximum absolute atomic E-state index is 6.30. The summed E-state index contributed by atoms with van der Waals surface area (Å²) in [5.41, 5.74) is 10.1. The number of furan rings is 1. The average Bonchev–Trinajstić information content (AvgIpc) is 3.82. The first-order valence-corrected chi connectivity index (χ1v) is 16.5. The first kappa shape index (κ1) is 26.4. The minimum Gasteiger partial charge on any atom is -0.419 e. The molecule has 0 aliphatic rings. The molecule has 5 heteroatoms. The van der Waals surface area contributed by atoms with Crippen LogP contribution in [0.5, 0.6) is 0 Å². The molecule has 0 radical (unpaired) electrons. The molecule has 0 aliphatic carbocycles. The number of nitrogens with zero attached hydrogens (tertiary/aromatic N) is 4. The lowest BCUT2D eigenvalue weighted by molar-refractivity contribution is 0.640. The standard InChI is InChI=1S/C44H26N4O/c1-2-11-30(12-3-1)47-38-20-19-28(24-34(38)41-31-13-5-4-10-27(31)18-21-39(41)47)29-25-35-42-40(22-23-45-44(42)49-43(35)46-26-29)48-36-16-8-6-14-32(36)33-15-7-9-17-37(33)48/h1-26H. The average molecular weight is 627 g/mol. The third-order valence-electron chi connectivity index (χ3n) is 10.0. The highest BCUT2D eigenvalue weighted by atomic mass is 16.3. The van der Waals surface area contributed by atoms with Crippen LogP contribution in [-0.2, 0) is 0 Å². The normalized spacial score (nSPS) is 12.1. The molecular weight excluding hydrogens is 601 g/mol. The lowest BCUT2D eigenvalue weighted by Gasteiger charge is -2.09. The molecule has 49 heavy (non-hydrogen) atoms. The van der Waals surface area contributed by atoms with Crippen molar-refractivity contribution in [3.05, 3.63) is 158 Å². The van der Waals surface area contributed by atoms with Gasteiger partial charge in [0.15, 0.2) is 0 Å². The number of fused-ring (bicyclic) bond motifs is 11. The fourth-order valence-electron chi connectivity index (χ4n) is 7.92. The molecule has 0 spiro atoms. The Morgan fingerprint density at radius 2 is 1.10 bits per heavy atom. The fraction of sp³-hybridized carbons (Fsp3) is 0. The van der Waals surface area contributed by atoms with Crippen LogP contribution in [0.3, 0.4) is 0 Å². The Morgan fingerprint density at radius 1 is 0.429 bits per heavy atom. The fourth-order valence-corrected chi connectivity index (χ4v) is 7.92. The van der Waals surface area contributed by atoms with Gasteiger partial charge in [-0.2, -0.15) is 0 Å². The van der Waals surface area contributed by atoms with Crippen molar-refractivity contribution in [3.63, 3.8) is 0 Å². The Bertz CT molecular complexity index is 3060. The van der Waals surface area contributed by atoms with Crippen molar-refractivity contribution in [1.29, 1.82) is 0 Å². The molecule has 5 nitrogen and oxygen atoms in total. The summed E-state index contributed by atoms with van der Waals surface area (Å²) >= 11 is 0. The van der Waals surface area contributed by atoms with Gasteiger partial charge in [0.25, 0.3) is 0 Å². The summed E-state index contributed by atoms with van der Waals surface area (Å²) in [5.74, 6) is 0. The summed E-state index contributed by atoms with van der Waals surface area (Å²) < 4.78 is 11.0. The number of aromatic nitrogens is 4. The van der Waals surface area contributed by atoms with Gasteiger partial charge in [-0.15, -0.1) is 0 Å². The molecule has 5 heterocycles. The van der Waals surface area contributed by atoms with E-state index < -0.39 is 0 Å². The van der Waals surface area contributed by atoms with Crippen LogP contribution >= 0.6 is 0 Å². The minimum absolute atomic E-state index is 0.576. The Kier molecular flexibility index (Phi) is 5.32. The smallest absolute Gasteiger partial charge is 0.231 e. The second-order valence-corrected chi connectivity index (χ2v) is 12.6. The highest BCUT2D eigenvalue weighted by Gasteiger charge is 2.20. The zero-order valence-electron chi connectivity index (χ0n) is 26.2. The number of pyridine rings is 2. The second kappa shape index (κ2) is 9.89. The molecule has 0 amide bonds. The van der Waals surface area contributed by atoms with Gasteiger partial charge < -0.3 is 13.6 Å². The van der Waals surface area contributed by atoms with Crippen molar-refractivity contribution in [3.8, 4) is 22.5 Å². The van der Waals surface area contributed by atoms with Crippen LogP contribution in [0.15, 0.2) is 162 Å². The van der Waals surface area contributed by atoms with E-state index in [0.29, 0.717) is 11.4 Å². The van der Waals surface area contributed by atoms with Gasteiger partial charge in [0, 0.05) is 45.2 Å². The molecule has 0 unspecified atom stereocenters. The van der Waals surface area contributed by atoms with Crippen molar-refractivity contribution < 1.29 is 4.42 Å². The van der Waals surface area contributed by atoms with E-state index in [1.807, 2.05) is 12.4 Å². The van der Waals surface area contributed by atoms with Gasteiger partial charge >= 0.3 is 0 Å². The van der Waals surface area contributed by atoms with E-state index in [9.17, 15) is 0 Å². The second-order valence-electron chi connectivity index (χ2n) is 12.6. The van der Waals surface area contributed by atoms with E-state index in [1.54, 1.807) is 0 Å². The predicted molar refractivity (Wildman–Crippen MR) is 201 cm³/mol.